The Morgan fingerprint density at radius 3 is 2.45 bits per heavy atom. The summed E-state index contributed by atoms with van der Waals surface area (Å²) in [5.41, 5.74) is 6.09. The van der Waals surface area contributed by atoms with Crippen LogP contribution < -0.4 is 5.73 Å². The van der Waals surface area contributed by atoms with E-state index in [-0.39, 0.29) is 5.92 Å². The number of carboxylic acids is 1. The average molecular weight is 402 g/mol. The third-order valence-electron chi connectivity index (χ3n) is 5.13. The summed E-state index contributed by atoms with van der Waals surface area (Å²) in [5, 5.41) is 9.81. The number of ketones is 1. The van der Waals surface area contributed by atoms with Crippen LogP contribution >= 0.6 is 0 Å². The molecular formula is C22H31N3O4. The van der Waals surface area contributed by atoms with Gasteiger partial charge in [0.1, 0.15) is 6.54 Å². The molecule has 1 aliphatic rings. The number of rotatable bonds is 7. The second kappa shape index (κ2) is 11.4. The maximum Gasteiger partial charge on any atom is 0.323 e. The predicted octanol–water partition coefficient (Wildman–Crippen LogP) is 3.20. The summed E-state index contributed by atoms with van der Waals surface area (Å²) >= 11 is 0. The van der Waals surface area contributed by atoms with Crippen molar-refractivity contribution in [2.24, 2.45) is 11.7 Å². The van der Waals surface area contributed by atoms with Crippen molar-refractivity contribution in [3.05, 3.63) is 36.0 Å². The number of carbonyl (C=O) groups is 3. The van der Waals surface area contributed by atoms with E-state index in [1.807, 2.05) is 12.1 Å². The lowest BCUT2D eigenvalue weighted by Gasteiger charge is -2.28. The van der Waals surface area contributed by atoms with E-state index in [1.54, 1.807) is 12.1 Å². The van der Waals surface area contributed by atoms with E-state index in [1.165, 1.54) is 17.5 Å². The molecule has 1 heterocycles. The first kappa shape index (κ1) is 22.6. The topological polar surface area (TPSA) is 116 Å². The number of amides is 1. The number of hydrogen-bond acceptors (Lipinski definition) is 4. The highest BCUT2D eigenvalue weighted by molar-refractivity contribution is 6.45. The zero-order chi connectivity index (χ0) is 21.2. The number of aromatic nitrogens is 1. The summed E-state index contributed by atoms with van der Waals surface area (Å²) in [4.78, 5) is 40.7. The number of fused-ring (bicyclic) bond motifs is 1. The molecule has 3 rings (SSSR count). The van der Waals surface area contributed by atoms with Crippen LogP contribution in [-0.4, -0.2) is 52.3 Å². The molecule has 0 saturated heterocycles. The zero-order valence-electron chi connectivity index (χ0n) is 17.0. The summed E-state index contributed by atoms with van der Waals surface area (Å²) in [7, 11) is 0. The van der Waals surface area contributed by atoms with Gasteiger partial charge in [-0.25, -0.2) is 0 Å². The Hall–Kier alpha value is -2.67. The number of carbonyl (C=O) groups excluding carboxylic acids is 2. The molecule has 29 heavy (non-hydrogen) atoms. The Labute approximate surface area is 171 Å². The molecule has 0 unspecified atom stereocenters. The van der Waals surface area contributed by atoms with Gasteiger partial charge in [0.25, 0.3) is 11.7 Å². The third-order valence-corrected chi connectivity index (χ3v) is 5.13. The van der Waals surface area contributed by atoms with Crippen molar-refractivity contribution in [3.8, 4) is 0 Å². The third kappa shape index (κ3) is 6.42. The van der Waals surface area contributed by atoms with E-state index >= 15 is 0 Å². The molecule has 7 heteroatoms. The van der Waals surface area contributed by atoms with Crippen molar-refractivity contribution in [3.63, 3.8) is 0 Å². The Morgan fingerprint density at radius 2 is 1.83 bits per heavy atom. The van der Waals surface area contributed by atoms with Crippen molar-refractivity contribution in [2.75, 3.05) is 19.6 Å². The molecule has 158 valence electrons. The van der Waals surface area contributed by atoms with Gasteiger partial charge in [-0.05, 0) is 37.8 Å². The number of Topliss-reactive ketones (excluding diaryl/α,β-unsaturated/α-hetero) is 1. The number of aliphatic carboxylic acids is 1. The van der Waals surface area contributed by atoms with Gasteiger partial charge in [0.15, 0.2) is 0 Å². The lowest BCUT2D eigenvalue weighted by molar-refractivity contribution is -0.143. The minimum Gasteiger partial charge on any atom is -0.480 e. The quantitative estimate of drug-likeness (QED) is 0.487. The van der Waals surface area contributed by atoms with Crippen LogP contribution in [0.5, 0.6) is 0 Å². The standard InChI is InChI=1S/C19H22N2O4.C3H9N/c22-17(23)12-21(11-13-6-2-1-3-7-13)19(25)18(24)15-10-20-16-9-5-4-8-14(15)16;1-2-3-4/h4-5,8-10,13,20H,1-3,6-7,11-12H2,(H,22,23);2-4H2,1H3. The first-order valence-corrected chi connectivity index (χ1v) is 10.3. The summed E-state index contributed by atoms with van der Waals surface area (Å²) in [5.74, 6) is -2.23. The highest BCUT2D eigenvalue weighted by Gasteiger charge is 2.29. The summed E-state index contributed by atoms with van der Waals surface area (Å²) in [6.07, 6.45) is 7.93. The minimum atomic E-state index is -1.10. The molecule has 0 bridgehead atoms. The van der Waals surface area contributed by atoms with Crippen LogP contribution in [0.25, 0.3) is 10.9 Å². The summed E-state index contributed by atoms with van der Waals surface area (Å²) < 4.78 is 0. The smallest absolute Gasteiger partial charge is 0.323 e. The van der Waals surface area contributed by atoms with Gasteiger partial charge in [0.2, 0.25) is 0 Å². The van der Waals surface area contributed by atoms with Crippen molar-refractivity contribution in [2.45, 2.75) is 45.4 Å². The number of carboxylic acid groups (broad SMARTS) is 1. The van der Waals surface area contributed by atoms with Crippen LogP contribution in [0.2, 0.25) is 0 Å². The number of H-pyrrole nitrogens is 1. The van der Waals surface area contributed by atoms with E-state index in [9.17, 15) is 14.4 Å². The van der Waals surface area contributed by atoms with Crippen LogP contribution in [0.4, 0.5) is 0 Å². The molecule has 0 radical (unpaired) electrons. The average Bonchev–Trinajstić information content (AvgIpc) is 3.17. The number of nitrogens with one attached hydrogen (secondary N) is 1. The van der Waals surface area contributed by atoms with Crippen LogP contribution in [0.3, 0.4) is 0 Å². The number of nitrogens with zero attached hydrogens (tertiary/aromatic N) is 1. The van der Waals surface area contributed by atoms with E-state index in [0.29, 0.717) is 17.5 Å². The van der Waals surface area contributed by atoms with E-state index in [0.717, 1.165) is 44.2 Å². The zero-order valence-corrected chi connectivity index (χ0v) is 17.0. The molecule has 2 aromatic rings. The second-order valence-corrected chi connectivity index (χ2v) is 7.45. The normalized spacial score (nSPS) is 14.1. The van der Waals surface area contributed by atoms with Crippen molar-refractivity contribution in [1.82, 2.24) is 9.88 Å². The lowest BCUT2D eigenvalue weighted by atomic mass is 9.89. The highest BCUT2D eigenvalue weighted by atomic mass is 16.4. The number of hydrogen-bond donors (Lipinski definition) is 3. The predicted molar refractivity (Wildman–Crippen MR) is 113 cm³/mol. The number of aromatic amines is 1. The van der Waals surface area contributed by atoms with Crippen LogP contribution in [0, 0.1) is 5.92 Å². The fourth-order valence-corrected chi connectivity index (χ4v) is 3.58. The van der Waals surface area contributed by atoms with Crippen LogP contribution in [0.15, 0.2) is 30.5 Å². The van der Waals surface area contributed by atoms with Crippen molar-refractivity contribution in [1.29, 1.82) is 0 Å². The molecule has 0 aliphatic heterocycles. The molecule has 1 fully saturated rings. The molecule has 0 atom stereocenters. The minimum absolute atomic E-state index is 0.271. The largest absolute Gasteiger partial charge is 0.480 e. The lowest BCUT2D eigenvalue weighted by Crippen LogP contribution is -2.43. The molecular weight excluding hydrogens is 370 g/mol. The molecule has 0 spiro atoms. The Bertz CT molecular complexity index is 822. The number of nitrogens with two attached hydrogens (primary N) is 1. The molecule has 1 aromatic heterocycles. The molecule has 1 saturated carbocycles. The number of benzene rings is 1. The van der Waals surface area contributed by atoms with E-state index in [4.69, 9.17) is 10.8 Å². The van der Waals surface area contributed by atoms with Gasteiger partial charge in [0.05, 0.1) is 5.56 Å². The highest BCUT2D eigenvalue weighted by Crippen LogP contribution is 2.25. The SMILES string of the molecule is CCCN.O=C(O)CN(CC1CCCCC1)C(=O)C(=O)c1c[nH]c2ccccc12. The fourth-order valence-electron chi connectivity index (χ4n) is 3.58. The maximum absolute atomic E-state index is 12.7. The summed E-state index contributed by atoms with van der Waals surface area (Å²) in [6.45, 7) is 2.77. The van der Waals surface area contributed by atoms with Gasteiger partial charge in [-0.2, -0.15) is 0 Å². The van der Waals surface area contributed by atoms with Gasteiger partial charge >= 0.3 is 5.97 Å². The molecule has 1 aromatic carbocycles. The molecule has 1 aliphatic carbocycles. The van der Waals surface area contributed by atoms with Gasteiger partial charge in [-0.3, -0.25) is 14.4 Å². The van der Waals surface area contributed by atoms with Gasteiger partial charge in [0, 0.05) is 23.6 Å². The van der Waals surface area contributed by atoms with E-state index in [2.05, 4.69) is 11.9 Å². The Morgan fingerprint density at radius 1 is 1.17 bits per heavy atom. The van der Waals surface area contributed by atoms with Crippen LogP contribution in [-0.2, 0) is 9.59 Å². The molecule has 4 N–H and O–H groups in total. The van der Waals surface area contributed by atoms with E-state index < -0.39 is 24.2 Å². The first-order valence-electron chi connectivity index (χ1n) is 10.3. The van der Waals surface area contributed by atoms with Gasteiger partial charge in [-0.15, -0.1) is 0 Å². The second-order valence-electron chi connectivity index (χ2n) is 7.45. The number of para-hydroxylation sites is 1. The Balaban J connectivity index is 0.000000687. The van der Waals surface area contributed by atoms with Gasteiger partial charge < -0.3 is 20.7 Å². The van der Waals surface area contributed by atoms with Gasteiger partial charge in [-0.1, -0.05) is 44.4 Å². The maximum atomic E-state index is 12.7. The Kier molecular flexibility index (Phi) is 8.86. The fraction of sp³-hybridized carbons (Fsp3) is 0.500. The first-order chi connectivity index (χ1) is 14.0. The van der Waals surface area contributed by atoms with Crippen LogP contribution in [0.1, 0.15) is 55.8 Å². The monoisotopic (exact) mass is 401 g/mol. The van der Waals surface area contributed by atoms with Crippen molar-refractivity contribution >= 4 is 28.6 Å². The molecule has 7 nitrogen and oxygen atoms in total. The molecule has 1 amide bonds. The van der Waals surface area contributed by atoms with Crippen molar-refractivity contribution < 1.29 is 19.5 Å². The summed E-state index contributed by atoms with van der Waals surface area (Å²) in [6, 6.07) is 7.24.